The van der Waals surface area contributed by atoms with E-state index < -0.39 is 12.1 Å². The lowest BCUT2D eigenvalue weighted by Gasteiger charge is -2.36. The van der Waals surface area contributed by atoms with Crippen LogP contribution in [0.25, 0.3) is 10.9 Å². The molecule has 9 nitrogen and oxygen atoms in total. The number of likely N-dealkylation sites (tertiary alicyclic amines) is 1. The van der Waals surface area contributed by atoms with Crippen molar-refractivity contribution in [2.75, 3.05) is 38.5 Å². The Hall–Kier alpha value is -3.98. The largest absolute Gasteiger partial charge is 0.481 e. The van der Waals surface area contributed by atoms with Gasteiger partial charge in [0.2, 0.25) is 5.91 Å². The number of pyridine rings is 1. The molecule has 2 aliphatic heterocycles. The van der Waals surface area contributed by atoms with Gasteiger partial charge in [0.25, 0.3) is 0 Å². The minimum atomic E-state index is -0.818. The van der Waals surface area contributed by atoms with Gasteiger partial charge in [0.05, 0.1) is 31.0 Å². The normalized spacial score (nSPS) is 19.0. The highest BCUT2D eigenvalue weighted by Crippen LogP contribution is 2.36. The van der Waals surface area contributed by atoms with Gasteiger partial charge in [-0.25, -0.2) is 0 Å². The lowest BCUT2D eigenvalue weighted by molar-refractivity contribution is -0.138. The molecule has 3 heterocycles. The molecule has 2 aliphatic rings. The quantitative estimate of drug-likeness (QED) is 0.430. The number of carbonyl (C=O) groups is 2. The van der Waals surface area contributed by atoms with E-state index in [0.29, 0.717) is 38.6 Å². The molecular formula is C30H35N5O4. The monoisotopic (exact) mass is 529 g/mol. The Morgan fingerprint density at radius 2 is 1.90 bits per heavy atom. The molecule has 1 aromatic heterocycles. The highest BCUT2D eigenvalue weighted by Gasteiger charge is 2.31. The number of rotatable bonds is 7. The third-order valence-electron chi connectivity index (χ3n) is 7.73. The maximum absolute atomic E-state index is 13.2. The summed E-state index contributed by atoms with van der Waals surface area (Å²) >= 11 is 0. The summed E-state index contributed by atoms with van der Waals surface area (Å²) in [4.78, 5) is 37.6. The van der Waals surface area contributed by atoms with Crippen LogP contribution in [0.4, 0.5) is 5.69 Å². The molecule has 1 amide bonds. The Morgan fingerprint density at radius 3 is 2.67 bits per heavy atom. The fraction of sp³-hybridized carbons (Fsp3) is 0.400. The molecule has 0 radical (unpaired) electrons. The standard InChI is InChI=1S/C30H35N5O4/c1-34-19-25(36)18-32-30(34)33-24-7-4-5-20(13-24)14-28(37)35-11-9-21(10-12-35)26(16-29(38)39)23-15-22-6-2-3-8-27(22)31-17-23/h2-8,13,15,17,21,25-26,36H,9-12,14,16,18-19H2,1H3,(H,32,33)(H,38,39). The summed E-state index contributed by atoms with van der Waals surface area (Å²) < 4.78 is 0. The van der Waals surface area contributed by atoms with Crippen LogP contribution in [0, 0.1) is 5.92 Å². The van der Waals surface area contributed by atoms with E-state index in [4.69, 9.17) is 0 Å². The predicted molar refractivity (Wildman–Crippen MR) is 151 cm³/mol. The number of hydrogen-bond acceptors (Lipinski definition) is 7. The Labute approximate surface area is 228 Å². The van der Waals surface area contributed by atoms with Crippen LogP contribution >= 0.6 is 0 Å². The molecule has 2 aromatic carbocycles. The van der Waals surface area contributed by atoms with Gasteiger partial charge in [-0.1, -0.05) is 30.3 Å². The number of aromatic nitrogens is 1. The number of β-amino-alcohol motifs (C(OH)–C–C–N with tert-alkyl or cyclic N) is 1. The maximum Gasteiger partial charge on any atom is 0.303 e. The molecule has 1 saturated heterocycles. The van der Waals surface area contributed by atoms with Crippen LogP contribution in [0.15, 0.2) is 65.8 Å². The summed E-state index contributed by atoms with van der Waals surface area (Å²) in [5.41, 5.74) is 3.61. The van der Waals surface area contributed by atoms with Crippen LogP contribution in [-0.2, 0) is 16.0 Å². The van der Waals surface area contributed by atoms with Crippen molar-refractivity contribution in [3.05, 3.63) is 71.9 Å². The highest BCUT2D eigenvalue weighted by atomic mass is 16.4. The van der Waals surface area contributed by atoms with Gasteiger partial charge in [0.1, 0.15) is 0 Å². The van der Waals surface area contributed by atoms with Crippen molar-refractivity contribution < 1.29 is 19.8 Å². The van der Waals surface area contributed by atoms with Crippen molar-refractivity contribution in [2.24, 2.45) is 10.9 Å². The van der Waals surface area contributed by atoms with E-state index in [9.17, 15) is 19.8 Å². The van der Waals surface area contributed by atoms with Gasteiger partial charge in [-0.15, -0.1) is 0 Å². The number of aliphatic carboxylic acids is 1. The minimum absolute atomic E-state index is 0.0534. The first-order chi connectivity index (χ1) is 18.9. The van der Waals surface area contributed by atoms with Crippen molar-refractivity contribution in [2.45, 2.75) is 37.7 Å². The molecule has 3 N–H and O–H groups in total. The molecular weight excluding hydrogens is 494 g/mol. The van der Waals surface area contributed by atoms with E-state index >= 15 is 0 Å². The molecule has 204 valence electrons. The number of carboxylic acid groups (broad SMARTS) is 1. The molecule has 0 spiro atoms. The van der Waals surface area contributed by atoms with Crippen molar-refractivity contribution >= 4 is 34.4 Å². The van der Waals surface area contributed by atoms with Crippen LogP contribution < -0.4 is 5.32 Å². The second kappa shape index (κ2) is 11.8. The molecule has 5 rings (SSSR count). The number of piperidine rings is 1. The number of anilines is 1. The number of fused-ring (bicyclic) bond motifs is 1. The van der Waals surface area contributed by atoms with Crippen LogP contribution in [0.2, 0.25) is 0 Å². The Morgan fingerprint density at radius 1 is 1.10 bits per heavy atom. The molecule has 1 fully saturated rings. The summed E-state index contributed by atoms with van der Waals surface area (Å²) in [6, 6.07) is 17.7. The van der Waals surface area contributed by atoms with Crippen LogP contribution in [0.1, 0.15) is 36.3 Å². The van der Waals surface area contributed by atoms with Crippen molar-refractivity contribution in [3.8, 4) is 0 Å². The number of benzene rings is 2. The number of hydrogen-bond donors (Lipinski definition) is 3. The van der Waals surface area contributed by atoms with E-state index in [0.717, 1.165) is 40.6 Å². The third kappa shape index (κ3) is 6.54. The fourth-order valence-electron chi connectivity index (χ4n) is 5.67. The zero-order chi connectivity index (χ0) is 27.4. The molecule has 2 atom stereocenters. The summed E-state index contributed by atoms with van der Waals surface area (Å²) in [5.74, 6) is -0.0120. The van der Waals surface area contributed by atoms with Gasteiger partial charge in [0.15, 0.2) is 5.96 Å². The number of carbonyl (C=O) groups excluding carboxylic acids is 1. The lowest BCUT2D eigenvalue weighted by atomic mass is 9.78. The topological polar surface area (TPSA) is 118 Å². The SMILES string of the molecule is CN1CC(O)CN=C1Nc1cccc(CC(=O)N2CCC(C(CC(=O)O)c3cnc4ccccc4c3)CC2)c1. The van der Waals surface area contributed by atoms with Crippen LogP contribution in [0.3, 0.4) is 0 Å². The van der Waals surface area contributed by atoms with Crippen LogP contribution in [-0.4, -0.2) is 82.2 Å². The number of nitrogens with zero attached hydrogens (tertiary/aromatic N) is 4. The Balaban J connectivity index is 1.20. The molecule has 0 aliphatic carbocycles. The van der Waals surface area contributed by atoms with Crippen molar-refractivity contribution in [1.29, 1.82) is 0 Å². The van der Waals surface area contributed by atoms with Crippen molar-refractivity contribution in [3.63, 3.8) is 0 Å². The smallest absolute Gasteiger partial charge is 0.303 e. The first-order valence-corrected chi connectivity index (χ1v) is 13.5. The molecule has 0 saturated carbocycles. The van der Waals surface area contributed by atoms with Gasteiger partial charge in [-0.2, -0.15) is 0 Å². The third-order valence-corrected chi connectivity index (χ3v) is 7.73. The lowest BCUT2D eigenvalue weighted by Crippen LogP contribution is -2.43. The van der Waals surface area contributed by atoms with Crippen molar-refractivity contribution in [1.82, 2.24) is 14.8 Å². The predicted octanol–water partition coefficient (Wildman–Crippen LogP) is 3.35. The van der Waals surface area contributed by atoms with Gasteiger partial charge >= 0.3 is 5.97 Å². The Bertz CT molecular complexity index is 1370. The number of guanidine groups is 1. The number of aliphatic hydroxyl groups is 1. The zero-order valence-corrected chi connectivity index (χ0v) is 22.2. The number of nitrogens with one attached hydrogen (secondary N) is 1. The number of likely N-dealkylation sites (N-methyl/N-ethyl adjacent to an activating group) is 1. The maximum atomic E-state index is 13.2. The van der Waals surface area contributed by atoms with E-state index in [1.807, 2.05) is 71.6 Å². The number of amides is 1. The average Bonchev–Trinajstić information content (AvgIpc) is 2.93. The number of aliphatic hydroxyl groups excluding tert-OH is 1. The van der Waals surface area contributed by atoms with E-state index in [-0.39, 0.29) is 24.2 Å². The molecule has 0 bridgehead atoms. The fourth-order valence-corrected chi connectivity index (χ4v) is 5.67. The van der Waals surface area contributed by atoms with Crippen LogP contribution in [0.5, 0.6) is 0 Å². The summed E-state index contributed by atoms with van der Waals surface area (Å²) in [7, 11) is 1.88. The first kappa shape index (κ1) is 26.6. The van der Waals surface area contributed by atoms with Gasteiger partial charge < -0.3 is 25.3 Å². The van der Waals surface area contributed by atoms with Gasteiger partial charge in [0, 0.05) is 44.0 Å². The number of carboxylic acids is 1. The van der Waals surface area contributed by atoms with E-state index in [2.05, 4.69) is 21.4 Å². The second-order valence-electron chi connectivity index (χ2n) is 10.6. The first-order valence-electron chi connectivity index (χ1n) is 13.5. The van der Waals surface area contributed by atoms with E-state index in [1.165, 1.54) is 0 Å². The molecule has 39 heavy (non-hydrogen) atoms. The minimum Gasteiger partial charge on any atom is -0.481 e. The van der Waals surface area contributed by atoms with Gasteiger partial charge in [-0.3, -0.25) is 19.6 Å². The van der Waals surface area contributed by atoms with E-state index in [1.54, 1.807) is 0 Å². The highest BCUT2D eigenvalue weighted by molar-refractivity contribution is 5.94. The molecule has 2 unspecified atom stereocenters. The van der Waals surface area contributed by atoms with Gasteiger partial charge in [-0.05, 0) is 60.1 Å². The number of aliphatic imine (C=N–C) groups is 1. The Kier molecular flexibility index (Phi) is 8.07. The molecule has 9 heteroatoms. The second-order valence-corrected chi connectivity index (χ2v) is 10.6. The average molecular weight is 530 g/mol. The zero-order valence-electron chi connectivity index (χ0n) is 22.2. The number of para-hydroxylation sites is 1. The summed E-state index contributed by atoms with van der Waals surface area (Å²) in [6.07, 6.45) is 3.23. The summed E-state index contributed by atoms with van der Waals surface area (Å²) in [5, 5.41) is 23.7. The summed E-state index contributed by atoms with van der Waals surface area (Å²) in [6.45, 7) is 2.11. The molecule has 3 aromatic rings.